The lowest BCUT2D eigenvalue weighted by atomic mass is 9.84. The molecule has 0 N–H and O–H groups in total. The average Bonchev–Trinajstić information content (AvgIpc) is 3.18. The van der Waals surface area contributed by atoms with Crippen LogP contribution in [0.3, 0.4) is 0 Å². The molecule has 2 heteroatoms. The highest BCUT2D eigenvalue weighted by Gasteiger charge is 2.27. The number of unbranched alkanes of at least 4 members (excludes halogenated alkanes) is 9. The minimum atomic E-state index is 0.0754. The van der Waals surface area contributed by atoms with Crippen molar-refractivity contribution in [3.05, 3.63) is 126 Å². The van der Waals surface area contributed by atoms with E-state index in [9.17, 15) is 0 Å². The number of pyridine rings is 3. The molecule has 0 saturated carbocycles. The zero-order valence-electron chi connectivity index (χ0n) is 34.9. The van der Waals surface area contributed by atoms with Gasteiger partial charge in [-0.05, 0) is 89.2 Å². The molecule has 2 nitrogen and oxygen atoms in total. The molecule has 0 amide bonds. The third-order valence-corrected chi connectivity index (χ3v) is 12.1. The highest BCUT2D eigenvalue weighted by molar-refractivity contribution is 6.13. The molecule has 0 spiro atoms. The minimum absolute atomic E-state index is 0.0754. The van der Waals surface area contributed by atoms with Gasteiger partial charge in [0.1, 0.15) is 7.05 Å². The van der Waals surface area contributed by atoms with E-state index in [1.165, 1.54) is 153 Å². The predicted molar refractivity (Wildman–Crippen MR) is 237 cm³/mol. The molecular weight excluding hydrogens is 665 g/mol. The number of benzene rings is 4. The van der Waals surface area contributed by atoms with Gasteiger partial charge >= 0.3 is 0 Å². The maximum Gasteiger partial charge on any atom is 0.220 e. The van der Waals surface area contributed by atoms with E-state index in [-0.39, 0.29) is 5.41 Å². The molecule has 7 rings (SSSR count). The lowest BCUT2D eigenvalue weighted by molar-refractivity contribution is -0.659. The second kappa shape index (κ2) is 17.1. The smallest absolute Gasteiger partial charge is 0.200 e. The second-order valence-corrected chi connectivity index (χ2v) is 17.4. The maximum atomic E-state index is 2.49. The van der Waals surface area contributed by atoms with E-state index in [1.54, 1.807) is 0 Å². The minimum Gasteiger partial charge on any atom is -0.200 e. The molecule has 0 aliphatic carbocycles. The third-order valence-electron chi connectivity index (χ3n) is 12.1. The van der Waals surface area contributed by atoms with Crippen LogP contribution in [0.4, 0.5) is 0 Å². The van der Waals surface area contributed by atoms with Crippen LogP contribution in [0.2, 0.25) is 0 Å². The fourth-order valence-electron chi connectivity index (χ4n) is 8.98. The maximum absolute atomic E-state index is 2.49. The Hall–Kier alpha value is -4.56. The molecule has 0 radical (unpaired) electrons. The summed E-state index contributed by atoms with van der Waals surface area (Å²) in [6, 6.07) is 33.1. The predicted octanol–water partition coefficient (Wildman–Crippen LogP) is 14.1. The highest BCUT2D eigenvalue weighted by atomic mass is 14.9. The summed E-state index contributed by atoms with van der Waals surface area (Å²) in [4.78, 5) is 0. The molecule has 7 aromatic rings. The summed E-state index contributed by atoms with van der Waals surface area (Å²) in [5.74, 6) is 0. The molecule has 0 aliphatic heterocycles. The zero-order chi connectivity index (χ0) is 38.5. The first-order valence-corrected chi connectivity index (χ1v) is 21.5. The molecule has 3 aromatic heterocycles. The van der Waals surface area contributed by atoms with E-state index in [2.05, 4.69) is 161 Å². The Labute approximate surface area is 331 Å². The fourth-order valence-corrected chi connectivity index (χ4v) is 8.98. The number of fused-ring (bicyclic) bond motifs is 6. The van der Waals surface area contributed by atoms with Crippen LogP contribution in [0, 0.1) is 6.92 Å². The number of nitrogens with zero attached hydrogens (tertiary/aromatic N) is 2. The first-order valence-electron chi connectivity index (χ1n) is 21.5. The van der Waals surface area contributed by atoms with Gasteiger partial charge in [0.15, 0.2) is 18.6 Å². The van der Waals surface area contributed by atoms with Crippen LogP contribution in [-0.2, 0) is 25.3 Å². The Morgan fingerprint density at radius 1 is 0.564 bits per heavy atom. The van der Waals surface area contributed by atoms with Crippen molar-refractivity contribution in [2.45, 2.75) is 130 Å². The molecule has 0 aliphatic rings. The van der Waals surface area contributed by atoms with Gasteiger partial charge < -0.3 is 0 Å². The van der Waals surface area contributed by atoms with Crippen molar-refractivity contribution < 1.29 is 8.97 Å². The van der Waals surface area contributed by atoms with Crippen LogP contribution < -0.4 is 8.97 Å². The quantitative estimate of drug-likeness (QED) is 0.0564. The standard InChI is InChI=1S/C53H64N2/c1-8-10-12-14-16-18-22-41-33-38(3)34-48(51(41)49-37-55-32-29-42(53(4,5)6)36-50(55)46-24-20-19-23-44(46)49)52-47-28-26-40-35-39(21-17-15-13-11-9-2)25-27-43(40)45(47)30-31-54(52)7/h19-20,23-37H,8-18,21-22H2,1-7H3/q+2. The van der Waals surface area contributed by atoms with Gasteiger partial charge in [-0.3, -0.25) is 0 Å². The Kier molecular flexibility index (Phi) is 12.0. The van der Waals surface area contributed by atoms with Crippen LogP contribution >= 0.6 is 0 Å². The summed E-state index contributed by atoms with van der Waals surface area (Å²) in [5.41, 5.74) is 12.3. The number of rotatable bonds is 15. The van der Waals surface area contributed by atoms with E-state index >= 15 is 0 Å². The average molecular weight is 729 g/mol. The zero-order valence-corrected chi connectivity index (χ0v) is 34.9. The summed E-state index contributed by atoms with van der Waals surface area (Å²) in [5, 5.41) is 7.96. The molecular formula is C53H64N2+2. The van der Waals surface area contributed by atoms with Gasteiger partial charge in [-0.15, -0.1) is 0 Å². The third kappa shape index (κ3) is 8.35. The van der Waals surface area contributed by atoms with Crippen molar-refractivity contribution in [1.82, 2.24) is 0 Å². The van der Waals surface area contributed by atoms with Crippen molar-refractivity contribution >= 4 is 37.8 Å². The van der Waals surface area contributed by atoms with Crippen LogP contribution in [-0.4, -0.2) is 0 Å². The highest BCUT2D eigenvalue weighted by Crippen LogP contribution is 2.42. The van der Waals surface area contributed by atoms with Crippen molar-refractivity contribution in [2.75, 3.05) is 0 Å². The van der Waals surface area contributed by atoms with E-state index in [4.69, 9.17) is 0 Å². The molecule has 0 fully saturated rings. The van der Waals surface area contributed by atoms with E-state index in [1.807, 2.05) is 0 Å². The monoisotopic (exact) mass is 729 g/mol. The molecule has 0 atom stereocenters. The number of hydrogen-bond donors (Lipinski definition) is 0. The molecule has 0 bridgehead atoms. The lowest BCUT2D eigenvalue weighted by Gasteiger charge is -2.19. The summed E-state index contributed by atoms with van der Waals surface area (Å²) in [7, 11) is 2.24. The first kappa shape index (κ1) is 38.7. The van der Waals surface area contributed by atoms with Gasteiger partial charge in [0.2, 0.25) is 11.2 Å². The molecule has 0 saturated heterocycles. The Morgan fingerprint density at radius 2 is 1.25 bits per heavy atom. The van der Waals surface area contributed by atoms with E-state index in [0.717, 1.165) is 12.8 Å². The van der Waals surface area contributed by atoms with Crippen molar-refractivity contribution in [3.63, 3.8) is 0 Å². The molecule has 55 heavy (non-hydrogen) atoms. The van der Waals surface area contributed by atoms with Crippen molar-refractivity contribution in [2.24, 2.45) is 7.05 Å². The summed E-state index contributed by atoms with van der Waals surface area (Å²) < 4.78 is 4.75. The van der Waals surface area contributed by atoms with Crippen LogP contribution in [0.25, 0.3) is 60.2 Å². The first-order chi connectivity index (χ1) is 26.7. The lowest BCUT2D eigenvalue weighted by Crippen LogP contribution is -2.31. The largest absolute Gasteiger partial charge is 0.220 e. The summed E-state index contributed by atoms with van der Waals surface area (Å²) in [6.45, 7) is 13.8. The van der Waals surface area contributed by atoms with Crippen molar-refractivity contribution in [1.29, 1.82) is 0 Å². The van der Waals surface area contributed by atoms with Gasteiger partial charge in [0.05, 0.1) is 21.9 Å². The molecule has 3 heterocycles. The molecule has 4 aromatic carbocycles. The second-order valence-electron chi connectivity index (χ2n) is 17.4. The topological polar surface area (TPSA) is 7.98 Å². The van der Waals surface area contributed by atoms with Gasteiger partial charge in [0, 0.05) is 34.5 Å². The molecule has 284 valence electrons. The number of aromatic nitrogens is 2. The summed E-state index contributed by atoms with van der Waals surface area (Å²) >= 11 is 0. The normalized spacial score (nSPS) is 12.1. The van der Waals surface area contributed by atoms with E-state index in [0.29, 0.717) is 0 Å². The van der Waals surface area contributed by atoms with E-state index < -0.39 is 0 Å². The van der Waals surface area contributed by atoms with Gasteiger partial charge in [0.25, 0.3) is 0 Å². The van der Waals surface area contributed by atoms with Crippen molar-refractivity contribution in [3.8, 4) is 22.4 Å². The van der Waals surface area contributed by atoms with Crippen LogP contribution in [0.15, 0.2) is 104 Å². The van der Waals surface area contributed by atoms with Crippen LogP contribution in [0.1, 0.15) is 128 Å². The number of aryl methyl sites for hydroxylation is 4. The van der Waals surface area contributed by atoms with Gasteiger partial charge in [-0.25, -0.2) is 4.57 Å². The van der Waals surface area contributed by atoms with Crippen LogP contribution in [0.5, 0.6) is 0 Å². The Morgan fingerprint density at radius 3 is 2.00 bits per heavy atom. The fraction of sp³-hybridized carbons (Fsp3) is 0.396. The van der Waals surface area contributed by atoms with Gasteiger partial charge in [-0.1, -0.05) is 141 Å². The number of hydrogen-bond acceptors (Lipinski definition) is 0. The molecule has 0 unspecified atom stereocenters. The summed E-state index contributed by atoms with van der Waals surface area (Å²) in [6.07, 6.45) is 23.6. The Bertz CT molecular complexity index is 2440. The van der Waals surface area contributed by atoms with Gasteiger partial charge in [-0.2, -0.15) is 4.40 Å². The Balaban J connectivity index is 1.42. The SMILES string of the molecule is CCCCCCCCc1cc(C)cc(-c2c3ccc4cc(CCCCCCC)ccc4c3cc[n+]2C)c1-c1c[n+]2ccc(C(C)(C)C)cc2c2ccccc12.